The first-order chi connectivity index (χ1) is 13.6. The molecule has 0 radical (unpaired) electrons. The monoisotopic (exact) mass is 392 g/mol. The quantitative estimate of drug-likeness (QED) is 0.528. The molecular formula is C20H16N4O3S. The van der Waals surface area contributed by atoms with Crippen LogP contribution in [0.1, 0.15) is 5.56 Å². The molecule has 2 aromatic heterocycles. The number of benzene rings is 2. The zero-order valence-electron chi connectivity index (χ0n) is 14.7. The van der Waals surface area contributed by atoms with Gasteiger partial charge in [0.15, 0.2) is 16.8 Å². The molecule has 8 heteroatoms. The third-order valence-corrected chi connectivity index (χ3v) is 4.77. The van der Waals surface area contributed by atoms with E-state index in [0.717, 1.165) is 5.69 Å². The van der Waals surface area contributed by atoms with Crippen LogP contribution in [0, 0.1) is 0 Å². The van der Waals surface area contributed by atoms with Crippen LogP contribution in [0.5, 0.6) is 0 Å². The van der Waals surface area contributed by atoms with Crippen LogP contribution < -0.4 is 5.43 Å². The molecule has 0 bridgehead atoms. The molecule has 0 saturated carbocycles. The van der Waals surface area contributed by atoms with Crippen molar-refractivity contribution in [2.45, 2.75) is 5.75 Å². The van der Waals surface area contributed by atoms with E-state index in [-0.39, 0.29) is 16.9 Å². The predicted octanol–water partition coefficient (Wildman–Crippen LogP) is 2.81. The second kappa shape index (κ2) is 7.71. The molecule has 1 N–H and O–H groups in total. The average Bonchev–Trinajstić information content (AvgIpc) is 3.19. The summed E-state index contributed by atoms with van der Waals surface area (Å²) in [6.07, 6.45) is 3.16. The maximum Gasteiger partial charge on any atom is 0.209 e. The Morgan fingerprint density at radius 1 is 0.964 bits per heavy atom. The van der Waals surface area contributed by atoms with Crippen LogP contribution in [0.15, 0.2) is 83.9 Å². The Morgan fingerprint density at radius 3 is 2.50 bits per heavy atom. The lowest BCUT2D eigenvalue weighted by Gasteiger charge is -2.12. The summed E-state index contributed by atoms with van der Waals surface area (Å²) < 4.78 is 23.7. The number of aromatic nitrogens is 4. The molecule has 1 atom stereocenters. The molecule has 140 valence electrons. The van der Waals surface area contributed by atoms with Crippen LogP contribution in [-0.2, 0) is 16.8 Å². The smallest absolute Gasteiger partial charge is 0.209 e. The minimum Gasteiger partial charge on any atom is -0.306 e. The second-order valence-electron chi connectivity index (χ2n) is 6.03. The Balaban J connectivity index is 1.84. The van der Waals surface area contributed by atoms with E-state index in [4.69, 9.17) is 0 Å². The van der Waals surface area contributed by atoms with Gasteiger partial charge >= 0.3 is 0 Å². The third-order valence-electron chi connectivity index (χ3n) is 4.21. The van der Waals surface area contributed by atoms with Crippen molar-refractivity contribution in [3.05, 3.63) is 94.9 Å². The van der Waals surface area contributed by atoms with Crippen molar-refractivity contribution in [2.24, 2.45) is 0 Å². The maximum atomic E-state index is 12.5. The lowest BCUT2D eigenvalue weighted by atomic mass is 10.2. The van der Waals surface area contributed by atoms with Crippen LogP contribution in [-0.4, -0.2) is 28.3 Å². The summed E-state index contributed by atoms with van der Waals surface area (Å²) in [5.74, 6) is -0.0265. The van der Waals surface area contributed by atoms with Gasteiger partial charge in [0.05, 0.1) is 29.0 Å². The van der Waals surface area contributed by atoms with Gasteiger partial charge in [0.1, 0.15) is 0 Å². The van der Waals surface area contributed by atoms with Crippen LogP contribution in [0.2, 0.25) is 0 Å². The van der Waals surface area contributed by atoms with Crippen molar-refractivity contribution >= 4 is 11.1 Å². The summed E-state index contributed by atoms with van der Waals surface area (Å²) in [6.45, 7) is 0. The first-order valence-electron chi connectivity index (χ1n) is 8.49. The molecule has 0 spiro atoms. The van der Waals surface area contributed by atoms with E-state index in [0.29, 0.717) is 16.9 Å². The van der Waals surface area contributed by atoms with Gasteiger partial charge in [-0.2, -0.15) is 10.2 Å². The second-order valence-corrected chi connectivity index (χ2v) is 6.96. The van der Waals surface area contributed by atoms with E-state index < -0.39 is 11.1 Å². The highest BCUT2D eigenvalue weighted by Crippen LogP contribution is 2.20. The molecule has 0 saturated heterocycles. The highest BCUT2D eigenvalue weighted by molar-refractivity contribution is 7.78. The van der Waals surface area contributed by atoms with Crippen molar-refractivity contribution in [2.75, 3.05) is 0 Å². The first kappa shape index (κ1) is 18.0. The minimum absolute atomic E-state index is 0.0265. The zero-order chi connectivity index (χ0) is 19.5. The molecule has 2 heterocycles. The number of rotatable bonds is 5. The molecule has 7 nitrogen and oxygen atoms in total. The third kappa shape index (κ3) is 3.55. The molecule has 2 aromatic carbocycles. The molecule has 4 rings (SSSR count). The molecule has 0 aliphatic carbocycles. The fraction of sp³-hybridized carbons (Fsp3) is 0.0500. The van der Waals surface area contributed by atoms with Gasteiger partial charge in [0, 0.05) is 12.3 Å². The van der Waals surface area contributed by atoms with Gasteiger partial charge in [-0.25, -0.2) is 13.6 Å². The summed E-state index contributed by atoms with van der Waals surface area (Å²) in [5, 5.41) is 8.82. The van der Waals surface area contributed by atoms with E-state index >= 15 is 0 Å². The van der Waals surface area contributed by atoms with Crippen molar-refractivity contribution in [3.63, 3.8) is 0 Å². The zero-order valence-corrected chi connectivity index (χ0v) is 15.5. The average molecular weight is 392 g/mol. The Hall–Kier alpha value is -3.36. The van der Waals surface area contributed by atoms with Crippen molar-refractivity contribution < 1.29 is 8.76 Å². The summed E-state index contributed by atoms with van der Waals surface area (Å²) in [6, 6.07) is 19.8. The number of para-hydroxylation sites is 2. The van der Waals surface area contributed by atoms with E-state index in [1.54, 1.807) is 46.0 Å². The predicted molar refractivity (Wildman–Crippen MR) is 107 cm³/mol. The number of nitrogens with zero attached hydrogens (tertiary/aromatic N) is 4. The summed E-state index contributed by atoms with van der Waals surface area (Å²) in [7, 11) is 0. The normalized spacial score (nSPS) is 12.0. The van der Waals surface area contributed by atoms with E-state index in [9.17, 15) is 13.6 Å². The van der Waals surface area contributed by atoms with Crippen molar-refractivity contribution in [3.8, 4) is 22.8 Å². The van der Waals surface area contributed by atoms with Gasteiger partial charge < -0.3 is 4.55 Å². The SMILES string of the molecule is O=c1ccn(-c2ccccc2CS(=O)O)nc1-c1ccnn1-c1ccccc1. The largest absolute Gasteiger partial charge is 0.306 e. The molecule has 1 unspecified atom stereocenters. The molecule has 0 amide bonds. The van der Waals surface area contributed by atoms with Gasteiger partial charge in [0.2, 0.25) is 5.43 Å². The van der Waals surface area contributed by atoms with E-state index in [1.165, 1.54) is 6.07 Å². The Labute approximate surface area is 163 Å². The van der Waals surface area contributed by atoms with Crippen LogP contribution >= 0.6 is 0 Å². The summed E-state index contributed by atoms with van der Waals surface area (Å²) in [5.41, 5.74) is 2.67. The molecule has 4 aromatic rings. The molecule has 28 heavy (non-hydrogen) atoms. The van der Waals surface area contributed by atoms with Gasteiger partial charge in [-0.05, 0) is 29.8 Å². The Bertz CT molecular complexity index is 1200. The van der Waals surface area contributed by atoms with Crippen LogP contribution in [0.3, 0.4) is 0 Å². The molecule has 0 fully saturated rings. The number of hydrogen-bond donors (Lipinski definition) is 1. The van der Waals surface area contributed by atoms with Crippen molar-refractivity contribution in [1.82, 2.24) is 19.6 Å². The van der Waals surface area contributed by atoms with E-state index in [1.807, 2.05) is 36.4 Å². The molecular weight excluding hydrogens is 376 g/mol. The summed E-state index contributed by atoms with van der Waals surface area (Å²) in [4.78, 5) is 12.5. The van der Waals surface area contributed by atoms with Gasteiger partial charge in [-0.15, -0.1) is 0 Å². The molecule has 0 aliphatic rings. The highest BCUT2D eigenvalue weighted by atomic mass is 32.2. The maximum absolute atomic E-state index is 12.5. The van der Waals surface area contributed by atoms with Gasteiger partial charge in [-0.1, -0.05) is 36.4 Å². The van der Waals surface area contributed by atoms with E-state index in [2.05, 4.69) is 10.2 Å². The van der Waals surface area contributed by atoms with Crippen LogP contribution in [0.4, 0.5) is 0 Å². The van der Waals surface area contributed by atoms with Crippen molar-refractivity contribution in [1.29, 1.82) is 0 Å². The summed E-state index contributed by atoms with van der Waals surface area (Å²) >= 11 is -1.99. The fourth-order valence-corrected chi connectivity index (χ4v) is 3.48. The standard InChI is InChI=1S/C20H16N4O3S/c25-19-11-13-23(17-9-5-4-6-15(17)14-28(26)27)22-20(19)18-10-12-21-24(18)16-7-2-1-3-8-16/h1-13H,14H2,(H,26,27). The number of hydrogen-bond acceptors (Lipinski definition) is 4. The van der Waals surface area contributed by atoms with Gasteiger partial charge in [0.25, 0.3) is 0 Å². The topological polar surface area (TPSA) is 90.0 Å². The van der Waals surface area contributed by atoms with Crippen LogP contribution in [0.25, 0.3) is 22.8 Å². The first-order valence-corrected chi connectivity index (χ1v) is 9.76. The fourth-order valence-electron chi connectivity index (χ4n) is 2.97. The molecule has 0 aliphatic heterocycles. The Kier molecular flexibility index (Phi) is 4.96. The Morgan fingerprint density at radius 2 is 1.71 bits per heavy atom. The minimum atomic E-state index is -1.99. The highest BCUT2D eigenvalue weighted by Gasteiger charge is 2.14. The van der Waals surface area contributed by atoms with Gasteiger partial charge in [-0.3, -0.25) is 4.79 Å². The lowest BCUT2D eigenvalue weighted by Crippen LogP contribution is -2.15. The lowest BCUT2D eigenvalue weighted by molar-refractivity contribution is 0.563.